The molecule has 4 atom stereocenters. The Morgan fingerprint density at radius 2 is 1.31 bits per heavy atom. The van der Waals surface area contributed by atoms with Gasteiger partial charge in [-0.05, 0) is 49.9 Å². The molecule has 15 heteroatoms. The molecule has 216 valence electrons. The molecule has 3 amide bonds. The number of amides is 3. The van der Waals surface area contributed by atoms with Crippen molar-refractivity contribution in [2.45, 2.75) is 69.1 Å². The van der Waals surface area contributed by atoms with Gasteiger partial charge in [-0.2, -0.15) is 0 Å². The molecule has 0 bridgehead atoms. The number of phenols is 1. The highest BCUT2D eigenvalue weighted by Crippen LogP contribution is 2.12. The Hall–Kier alpha value is -4.24. The van der Waals surface area contributed by atoms with E-state index in [-0.39, 0.29) is 31.4 Å². The Balaban J connectivity index is 3.15. The van der Waals surface area contributed by atoms with Gasteiger partial charge in [-0.3, -0.25) is 24.0 Å². The molecule has 11 N–H and O–H groups in total. The molecule has 1 aromatic carbocycles. The van der Waals surface area contributed by atoms with Crippen molar-refractivity contribution in [2.75, 3.05) is 6.54 Å². The van der Waals surface area contributed by atoms with Crippen LogP contribution >= 0.6 is 0 Å². The van der Waals surface area contributed by atoms with Crippen LogP contribution in [0.25, 0.3) is 0 Å². The van der Waals surface area contributed by atoms with Gasteiger partial charge >= 0.3 is 17.9 Å². The van der Waals surface area contributed by atoms with Crippen molar-refractivity contribution in [2.24, 2.45) is 11.5 Å². The SMILES string of the molecule is NCCCCC(NC(=O)C(N)CCC(=O)O)C(=O)NC(Cc1ccc(O)cc1)C(=O)NC(CC(=O)O)C(=O)O. The van der Waals surface area contributed by atoms with E-state index in [2.05, 4.69) is 16.0 Å². The van der Waals surface area contributed by atoms with Gasteiger partial charge in [-0.1, -0.05) is 12.1 Å². The summed E-state index contributed by atoms with van der Waals surface area (Å²) >= 11 is 0. The first-order valence-electron chi connectivity index (χ1n) is 12.1. The number of carbonyl (C=O) groups excluding carboxylic acids is 3. The number of aliphatic carboxylic acids is 3. The third kappa shape index (κ3) is 12.7. The Labute approximate surface area is 223 Å². The fraction of sp³-hybridized carbons (Fsp3) is 0.500. The van der Waals surface area contributed by atoms with Crippen LogP contribution in [0, 0.1) is 0 Å². The quantitative estimate of drug-likeness (QED) is 0.0917. The average Bonchev–Trinajstić information content (AvgIpc) is 2.86. The summed E-state index contributed by atoms with van der Waals surface area (Å²) in [6, 6.07) is 0.0360. The van der Waals surface area contributed by atoms with Crippen molar-refractivity contribution in [1.29, 1.82) is 0 Å². The highest BCUT2D eigenvalue weighted by atomic mass is 16.4. The minimum atomic E-state index is -1.78. The van der Waals surface area contributed by atoms with Crippen molar-refractivity contribution < 1.29 is 49.2 Å². The fourth-order valence-corrected chi connectivity index (χ4v) is 3.45. The van der Waals surface area contributed by atoms with Crippen molar-refractivity contribution in [1.82, 2.24) is 16.0 Å². The second-order valence-corrected chi connectivity index (χ2v) is 8.81. The van der Waals surface area contributed by atoms with Crippen molar-refractivity contribution in [3.63, 3.8) is 0 Å². The van der Waals surface area contributed by atoms with E-state index in [0.29, 0.717) is 24.9 Å². The van der Waals surface area contributed by atoms with Crippen LogP contribution in [0.15, 0.2) is 24.3 Å². The lowest BCUT2D eigenvalue weighted by Crippen LogP contribution is -2.57. The number of carbonyl (C=O) groups is 6. The zero-order chi connectivity index (χ0) is 29.5. The smallest absolute Gasteiger partial charge is 0.326 e. The maximum atomic E-state index is 13.2. The fourth-order valence-electron chi connectivity index (χ4n) is 3.45. The standard InChI is InChI=1S/C24H35N5O10/c25-10-2-1-3-16(27-21(35)15(26)8-9-19(31)32)22(36)28-17(11-13-4-6-14(30)7-5-13)23(37)29-18(24(38)39)12-20(33)34/h4-7,15-18,30H,1-3,8-12,25-26H2,(H,27,35)(H,28,36)(H,29,37)(H,31,32)(H,33,34)(H,38,39). The third-order valence-electron chi connectivity index (χ3n) is 5.59. The number of hydrogen-bond donors (Lipinski definition) is 9. The van der Waals surface area contributed by atoms with Crippen LogP contribution in [0.3, 0.4) is 0 Å². The Morgan fingerprint density at radius 3 is 1.85 bits per heavy atom. The van der Waals surface area contributed by atoms with Crippen LogP contribution in [0.5, 0.6) is 5.75 Å². The predicted molar refractivity (Wildman–Crippen MR) is 135 cm³/mol. The zero-order valence-electron chi connectivity index (χ0n) is 21.2. The summed E-state index contributed by atoms with van der Waals surface area (Å²) < 4.78 is 0. The average molecular weight is 554 g/mol. The molecule has 0 saturated carbocycles. The van der Waals surface area contributed by atoms with Gasteiger partial charge in [0.2, 0.25) is 17.7 Å². The molecule has 1 aromatic rings. The summed E-state index contributed by atoms with van der Waals surface area (Å²) in [5, 5.41) is 43.6. The Kier molecular flexibility index (Phi) is 13.9. The molecule has 1 rings (SSSR count). The van der Waals surface area contributed by atoms with E-state index < -0.39 is 66.2 Å². The molecule has 0 heterocycles. The minimum absolute atomic E-state index is 0.0573. The molecule has 0 aliphatic heterocycles. The third-order valence-corrected chi connectivity index (χ3v) is 5.59. The summed E-state index contributed by atoms with van der Waals surface area (Å²) in [7, 11) is 0. The summed E-state index contributed by atoms with van der Waals surface area (Å²) in [5.41, 5.74) is 11.7. The monoisotopic (exact) mass is 553 g/mol. The summed E-state index contributed by atoms with van der Waals surface area (Å²) in [6.45, 7) is 0.312. The number of unbranched alkanes of at least 4 members (excludes halogenated alkanes) is 1. The zero-order valence-corrected chi connectivity index (χ0v) is 21.2. The molecule has 39 heavy (non-hydrogen) atoms. The number of nitrogens with one attached hydrogen (secondary N) is 3. The number of carboxylic acid groups (broad SMARTS) is 3. The summed E-state index contributed by atoms with van der Waals surface area (Å²) in [4.78, 5) is 72.0. The Morgan fingerprint density at radius 1 is 0.744 bits per heavy atom. The molecule has 4 unspecified atom stereocenters. The normalized spacial score (nSPS) is 13.8. The number of aromatic hydroxyl groups is 1. The predicted octanol–water partition coefficient (Wildman–Crippen LogP) is -1.73. The summed E-state index contributed by atoms with van der Waals surface area (Å²) in [5.74, 6) is -6.85. The van der Waals surface area contributed by atoms with Crippen molar-refractivity contribution in [3.05, 3.63) is 29.8 Å². The maximum absolute atomic E-state index is 13.2. The molecular weight excluding hydrogens is 518 g/mol. The lowest BCUT2D eigenvalue weighted by atomic mass is 10.0. The van der Waals surface area contributed by atoms with Gasteiger partial charge in [0.15, 0.2) is 0 Å². The van der Waals surface area contributed by atoms with Gasteiger partial charge < -0.3 is 47.8 Å². The van der Waals surface area contributed by atoms with Crippen molar-refractivity contribution >= 4 is 35.6 Å². The molecule has 0 aromatic heterocycles. The number of rotatable bonds is 18. The molecule has 0 aliphatic carbocycles. The first kappa shape index (κ1) is 32.8. The van der Waals surface area contributed by atoms with E-state index in [4.69, 9.17) is 21.7 Å². The maximum Gasteiger partial charge on any atom is 0.326 e. The second-order valence-electron chi connectivity index (χ2n) is 8.81. The molecule has 0 spiro atoms. The highest BCUT2D eigenvalue weighted by molar-refractivity contribution is 5.94. The number of hydrogen-bond acceptors (Lipinski definition) is 9. The first-order chi connectivity index (χ1) is 18.3. The topological polar surface area (TPSA) is 271 Å². The van der Waals surface area contributed by atoms with Crippen LogP contribution in [-0.2, 0) is 35.2 Å². The highest BCUT2D eigenvalue weighted by Gasteiger charge is 2.31. The van der Waals surface area contributed by atoms with Gasteiger partial charge in [0.1, 0.15) is 23.9 Å². The van der Waals surface area contributed by atoms with E-state index >= 15 is 0 Å². The number of benzene rings is 1. The van der Waals surface area contributed by atoms with Gasteiger partial charge in [0, 0.05) is 12.8 Å². The van der Waals surface area contributed by atoms with Gasteiger partial charge in [-0.15, -0.1) is 0 Å². The molecule has 15 nitrogen and oxygen atoms in total. The number of carboxylic acids is 3. The number of phenolic OH excluding ortho intramolecular Hbond substituents is 1. The second kappa shape index (κ2) is 16.6. The molecule has 0 aliphatic rings. The van der Waals surface area contributed by atoms with E-state index in [1.807, 2.05) is 0 Å². The molecule has 0 radical (unpaired) electrons. The van der Waals surface area contributed by atoms with Crippen molar-refractivity contribution in [3.8, 4) is 5.75 Å². The van der Waals surface area contributed by atoms with E-state index in [0.717, 1.165) is 0 Å². The summed E-state index contributed by atoms with van der Waals surface area (Å²) in [6.07, 6.45) is -0.596. The van der Waals surface area contributed by atoms with Crippen LogP contribution in [0.4, 0.5) is 0 Å². The van der Waals surface area contributed by atoms with Gasteiger partial charge in [0.05, 0.1) is 12.5 Å². The first-order valence-corrected chi connectivity index (χ1v) is 12.1. The molecular formula is C24H35N5O10. The van der Waals surface area contributed by atoms with Crippen LogP contribution < -0.4 is 27.4 Å². The van der Waals surface area contributed by atoms with Crippen LogP contribution in [0.1, 0.15) is 44.1 Å². The Bertz CT molecular complexity index is 1020. The van der Waals surface area contributed by atoms with Gasteiger partial charge in [0.25, 0.3) is 0 Å². The van der Waals surface area contributed by atoms with E-state index in [1.165, 1.54) is 24.3 Å². The van der Waals surface area contributed by atoms with Crippen LogP contribution in [0.2, 0.25) is 0 Å². The lowest BCUT2D eigenvalue weighted by Gasteiger charge is -2.25. The molecule has 0 saturated heterocycles. The van der Waals surface area contributed by atoms with Gasteiger partial charge in [-0.25, -0.2) is 4.79 Å². The minimum Gasteiger partial charge on any atom is -0.508 e. The van der Waals surface area contributed by atoms with E-state index in [9.17, 15) is 39.0 Å². The lowest BCUT2D eigenvalue weighted by molar-refractivity contribution is -0.147. The largest absolute Gasteiger partial charge is 0.508 e. The van der Waals surface area contributed by atoms with Crippen LogP contribution in [-0.4, -0.2) is 86.8 Å². The number of nitrogens with two attached hydrogens (primary N) is 2. The molecule has 0 fully saturated rings. The van der Waals surface area contributed by atoms with E-state index in [1.54, 1.807) is 0 Å².